The maximum atomic E-state index is 12.1. The van der Waals surface area contributed by atoms with Crippen LogP contribution in [0.25, 0.3) is 0 Å². The fourth-order valence-electron chi connectivity index (χ4n) is 2.43. The Morgan fingerprint density at radius 2 is 1.96 bits per heavy atom. The van der Waals surface area contributed by atoms with Gasteiger partial charge < -0.3 is 14.4 Å². The smallest absolute Gasteiger partial charge is 0.260 e. The third kappa shape index (κ3) is 5.52. The van der Waals surface area contributed by atoms with Crippen LogP contribution in [-0.2, 0) is 9.53 Å². The minimum Gasteiger partial charge on any atom is -0.483 e. The molecule has 1 aliphatic rings. The highest BCUT2D eigenvalue weighted by atomic mass is 127. The van der Waals surface area contributed by atoms with Gasteiger partial charge in [0.2, 0.25) is 0 Å². The van der Waals surface area contributed by atoms with E-state index in [9.17, 15) is 4.79 Å². The molecule has 1 aliphatic heterocycles. The molecule has 0 bridgehead atoms. The molecule has 0 saturated carbocycles. The monoisotopic (exact) mass is 528 g/mol. The first kappa shape index (κ1) is 19.3. The number of morpholine rings is 1. The first-order valence-electron chi connectivity index (χ1n) is 8.19. The number of hydrogen-bond acceptors (Lipinski definition) is 4. The van der Waals surface area contributed by atoms with Crippen LogP contribution in [0.2, 0.25) is 0 Å². The van der Waals surface area contributed by atoms with Gasteiger partial charge in [0.05, 0.1) is 23.4 Å². The van der Waals surface area contributed by atoms with Gasteiger partial charge in [0, 0.05) is 22.9 Å². The number of carbonyl (C=O) groups is 1. The van der Waals surface area contributed by atoms with Crippen LogP contribution < -0.4 is 4.74 Å². The number of rotatable bonds is 5. The lowest BCUT2D eigenvalue weighted by atomic mass is 10.2. The molecule has 0 aliphatic carbocycles. The Hall–Kier alpha value is -1.45. The van der Waals surface area contributed by atoms with Crippen molar-refractivity contribution in [3.8, 4) is 5.75 Å². The van der Waals surface area contributed by atoms with Crippen molar-refractivity contribution in [2.24, 2.45) is 4.99 Å². The third-order valence-electron chi connectivity index (χ3n) is 3.86. The van der Waals surface area contributed by atoms with Crippen LogP contribution in [-0.4, -0.2) is 49.9 Å². The summed E-state index contributed by atoms with van der Waals surface area (Å²) in [6, 6.07) is 13.7. The Morgan fingerprint density at radius 3 is 2.65 bits per heavy atom. The third-order valence-corrected chi connectivity index (χ3v) is 5.20. The molecule has 2 aromatic rings. The van der Waals surface area contributed by atoms with E-state index in [0.717, 1.165) is 15.7 Å². The van der Waals surface area contributed by atoms with Crippen molar-refractivity contribution in [2.45, 2.75) is 0 Å². The maximum absolute atomic E-state index is 12.1. The lowest BCUT2D eigenvalue weighted by Gasteiger charge is -2.26. The quantitative estimate of drug-likeness (QED) is 0.435. The van der Waals surface area contributed by atoms with Gasteiger partial charge in [-0.2, -0.15) is 0 Å². The Balaban J connectivity index is 1.58. The van der Waals surface area contributed by atoms with Crippen molar-refractivity contribution in [2.75, 3.05) is 32.9 Å². The summed E-state index contributed by atoms with van der Waals surface area (Å²) in [6.07, 6.45) is 1.80. The molecule has 26 heavy (non-hydrogen) atoms. The number of nitrogens with zero attached hydrogens (tertiary/aromatic N) is 2. The summed E-state index contributed by atoms with van der Waals surface area (Å²) in [4.78, 5) is 18.4. The molecule has 2 aromatic carbocycles. The zero-order chi connectivity index (χ0) is 18.4. The fourth-order valence-corrected chi connectivity index (χ4v) is 3.30. The predicted molar refractivity (Wildman–Crippen MR) is 113 cm³/mol. The summed E-state index contributed by atoms with van der Waals surface area (Å²) < 4.78 is 12.9. The molecular weight excluding hydrogens is 511 g/mol. The topological polar surface area (TPSA) is 51.1 Å². The van der Waals surface area contributed by atoms with Crippen molar-refractivity contribution in [1.82, 2.24) is 4.90 Å². The van der Waals surface area contributed by atoms with Crippen molar-refractivity contribution in [3.05, 3.63) is 56.1 Å². The molecule has 0 atom stereocenters. The summed E-state index contributed by atoms with van der Waals surface area (Å²) in [5.74, 6) is 0.613. The van der Waals surface area contributed by atoms with E-state index < -0.39 is 0 Å². The zero-order valence-electron chi connectivity index (χ0n) is 14.0. The highest BCUT2D eigenvalue weighted by Gasteiger charge is 2.17. The molecule has 1 saturated heterocycles. The highest BCUT2D eigenvalue weighted by molar-refractivity contribution is 14.1. The number of carbonyl (C=O) groups excluding carboxylic acids is 1. The van der Waals surface area contributed by atoms with Crippen molar-refractivity contribution in [3.63, 3.8) is 0 Å². The first-order valence-corrected chi connectivity index (χ1v) is 10.1. The Bertz CT molecular complexity index is 790. The number of benzene rings is 2. The van der Waals surface area contributed by atoms with E-state index in [1.807, 2.05) is 42.5 Å². The molecular formula is C19H18BrIN2O3. The van der Waals surface area contributed by atoms with Crippen molar-refractivity contribution in [1.29, 1.82) is 0 Å². The van der Waals surface area contributed by atoms with E-state index in [-0.39, 0.29) is 12.5 Å². The normalized spacial score (nSPS) is 14.6. The molecule has 1 heterocycles. The lowest BCUT2D eigenvalue weighted by molar-refractivity contribution is -0.137. The molecule has 1 amide bonds. The summed E-state index contributed by atoms with van der Waals surface area (Å²) >= 11 is 5.76. The molecule has 5 nitrogen and oxygen atoms in total. The minimum absolute atomic E-state index is 0.0225. The number of amides is 1. The van der Waals surface area contributed by atoms with Crippen molar-refractivity contribution >= 4 is 56.3 Å². The Morgan fingerprint density at radius 1 is 1.23 bits per heavy atom. The molecule has 0 spiro atoms. The average Bonchev–Trinajstić information content (AvgIpc) is 2.67. The van der Waals surface area contributed by atoms with E-state index in [1.54, 1.807) is 11.1 Å². The molecule has 136 valence electrons. The van der Waals surface area contributed by atoms with E-state index in [0.29, 0.717) is 32.1 Å². The van der Waals surface area contributed by atoms with E-state index in [4.69, 9.17) is 9.47 Å². The van der Waals surface area contributed by atoms with Crippen LogP contribution in [0.5, 0.6) is 5.75 Å². The van der Waals surface area contributed by atoms with Crippen LogP contribution in [0, 0.1) is 3.57 Å². The van der Waals surface area contributed by atoms with E-state index >= 15 is 0 Å². The van der Waals surface area contributed by atoms with E-state index in [1.165, 1.54) is 3.57 Å². The number of halogens is 2. The van der Waals surface area contributed by atoms with Crippen LogP contribution in [0.1, 0.15) is 5.56 Å². The van der Waals surface area contributed by atoms with Crippen molar-refractivity contribution < 1.29 is 14.3 Å². The van der Waals surface area contributed by atoms with Gasteiger partial charge in [-0.05, 0) is 86.5 Å². The summed E-state index contributed by atoms with van der Waals surface area (Å²) in [7, 11) is 0. The standard InChI is InChI=1S/C19H18BrIN2O3/c20-17-11-14(12-22-16-4-2-15(21)3-5-16)1-6-18(17)26-13-19(24)23-7-9-25-10-8-23/h1-6,11-12H,7-10,13H2. The summed E-state index contributed by atoms with van der Waals surface area (Å²) in [5.41, 5.74) is 1.85. The maximum Gasteiger partial charge on any atom is 0.260 e. The molecule has 0 aromatic heterocycles. The average molecular weight is 529 g/mol. The molecule has 0 unspecified atom stereocenters. The minimum atomic E-state index is -0.0236. The summed E-state index contributed by atoms with van der Waals surface area (Å²) in [6.45, 7) is 2.44. The van der Waals surface area contributed by atoms with Gasteiger partial charge in [0.25, 0.3) is 5.91 Å². The second-order valence-corrected chi connectivity index (χ2v) is 7.81. The van der Waals surface area contributed by atoms with Gasteiger partial charge >= 0.3 is 0 Å². The molecule has 0 N–H and O–H groups in total. The van der Waals surface area contributed by atoms with Crippen LogP contribution in [0.4, 0.5) is 5.69 Å². The largest absolute Gasteiger partial charge is 0.483 e. The predicted octanol–water partition coefficient (Wildman–Crippen LogP) is 4.04. The highest BCUT2D eigenvalue weighted by Crippen LogP contribution is 2.26. The van der Waals surface area contributed by atoms with Gasteiger partial charge in [-0.1, -0.05) is 0 Å². The number of ether oxygens (including phenoxy) is 2. The SMILES string of the molecule is O=C(COc1ccc(C=Nc2ccc(I)cc2)cc1Br)N1CCOCC1. The van der Waals surface area contributed by atoms with Crippen LogP contribution in [0.3, 0.4) is 0 Å². The van der Waals surface area contributed by atoms with Gasteiger partial charge in [0.1, 0.15) is 5.75 Å². The van der Waals surface area contributed by atoms with Gasteiger partial charge in [0.15, 0.2) is 6.61 Å². The molecule has 1 fully saturated rings. The van der Waals surface area contributed by atoms with E-state index in [2.05, 4.69) is 43.5 Å². The Labute approximate surface area is 174 Å². The second kappa shape index (κ2) is 9.48. The zero-order valence-corrected chi connectivity index (χ0v) is 17.8. The van der Waals surface area contributed by atoms with Crippen LogP contribution >= 0.6 is 38.5 Å². The van der Waals surface area contributed by atoms with Gasteiger partial charge in [-0.25, -0.2) is 0 Å². The molecule has 0 radical (unpaired) electrons. The lowest BCUT2D eigenvalue weighted by Crippen LogP contribution is -2.43. The number of aliphatic imine (C=N–C) groups is 1. The molecule has 3 rings (SSSR count). The van der Waals surface area contributed by atoms with Gasteiger partial charge in [-0.15, -0.1) is 0 Å². The Kier molecular flexibility index (Phi) is 7.04. The molecule has 7 heteroatoms. The second-order valence-electron chi connectivity index (χ2n) is 5.71. The van der Waals surface area contributed by atoms with Gasteiger partial charge in [-0.3, -0.25) is 9.79 Å². The van der Waals surface area contributed by atoms with Crippen LogP contribution in [0.15, 0.2) is 51.9 Å². The summed E-state index contributed by atoms with van der Waals surface area (Å²) in [5, 5.41) is 0. The fraction of sp³-hybridized carbons (Fsp3) is 0.263. The first-order chi connectivity index (χ1) is 12.6. The number of hydrogen-bond donors (Lipinski definition) is 0.